The third kappa shape index (κ3) is 0.951. The van der Waals surface area contributed by atoms with Crippen molar-refractivity contribution in [2.75, 3.05) is 6.26 Å². The van der Waals surface area contributed by atoms with Crippen LogP contribution in [0, 0.1) is 17.2 Å². The zero-order valence-corrected chi connectivity index (χ0v) is 7.48. The van der Waals surface area contributed by atoms with E-state index in [0.717, 1.165) is 12.7 Å². The maximum atomic E-state index is 11.2. The molecule has 4 heteroatoms. The van der Waals surface area contributed by atoms with E-state index in [1.807, 2.05) is 13.0 Å². The smallest absolute Gasteiger partial charge is 0.166 e. The molecular weight excluding hydrogens is 162 g/mol. The van der Waals surface area contributed by atoms with Crippen LogP contribution in [0.4, 0.5) is 0 Å². The molecule has 0 aromatic carbocycles. The van der Waals surface area contributed by atoms with Crippen LogP contribution in [-0.4, -0.2) is 19.4 Å². The lowest BCUT2D eigenvalue weighted by Crippen LogP contribution is -2.50. The van der Waals surface area contributed by atoms with Crippen molar-refractivity contribution in [3.05, 3.63) is 0 Å². The van der Waals surface area contributed by atoms with E-state index in [4.69, 9.17) is 5.26 Å². The summed E-state index contributed by atoms with van der Waals surface area (Å²) in [6.07, 6.45) is 2.50. The molecule has 0 N–H and O–H groups in total. The minimum Gasteiger partial charge on any atom is -0.227 e. The topological polar surface area (TPSA) is 57.9 Å². The second kappa shape index (κ2) is 2.21. The van der Waals surface area contributed by atoms with Crippen LogP contribution in [0.15, 0.2) is 0 Å². The first-order valence-electron chi connectivity index (χ1n) is 3.55. The number of rotatable bonds is 1. The van der Waals surface area contributed by atoms with Crippen molar-refractivity contribution in [2.24, 2.45) is 5.92 Å². The fourth-order valence-electron chi connectivity index (χ4n) is 1.50. The number of sulfone groups is 1. The molecule has 1 rings (SSSR count). The van der Waals surface area contributed by atoms with Gasteiger partial charge in [0.25, 0.3) is 0 Å². The summed E-state index contributed by atoms with van der Waals surface area (Å²) in [5.41, 5.74) is 0. The molecule has 0 aliphatic heterocycles. The standard InChI is InChI=1S/C7H11NO2S/c1-6-3-4-7(6,5-8)11(2,9)10/h6H,3-4H2,1-2H3. The van der Waals surface area contributed by atoms with Crippen LogP contribution in [0.5, 0.6) is 0 Å². The molecule has 0 aromatic heterocycles. The predicted molar refractivity (Wildman–Crippen MR) is 41.6 cm³/mol. The van der Waals surface area contributed by atoms with Gasteiger partial charge in [0, 0.05) is 6.26 Å². The molecule has 0 radical (unpaired) electrons. The quantitative estimate of drug-likeness (QED) is 0.587. The second-order valence-electron chi connectivity index (χ2n) is 3.21. The fourth-order valence-corrected chi connectivity index (χ4v) is 3.00. The van der Waals surface area contributed by atoms with Crippen LogP contribution >= 0.6 is 0 Å². The Bertz CT molecular complexity index is 301. The van der Waals surface area contributed by atoms with Gasteiger partial charge in [-0.1, -0.05) is 6.92 Å². The monoisotopic (exact) mass is 173 g/mol. The van der Waals surface area contributed by atoms with Gasteiger partial charge in [0.2, 0.25) is 0 Å². The lowest BCUT2D eigenvalue weighted by atomic mass is 9.75. The van der Waals surface area contributed by atoms with Crippen LogP contribution < -0.4 is 0 Å². The molecule has 0 heterocycles. The molecule has 0 spiro atoms. The number of nitrogens with zero attached hydrogens (tertiary/aromatic N) is 1. The van der Waals surface area contributed by atoms with Crippen molar-refractivity contribution >= 4 is 9.84 Å². The van der Waals surface area contributed by atoms with Gasteiger partial charge in [0.15, 0.2) is 14.6 Å². The molecule has 0 bridgehead atoms. The zero-order valence-electron chi connectivity index (χ0n) is 6.66. The molecule has 0 saturated heterocycles. The Kier molecular flexibility index (Phi) is 1.72. The van der Waals surface area contributed by atoms with Crippen LogP contribution in [0.3, 0.4) is 0 Å². The largest absolute Gasteiger partial charge is 0.227 e. The van der Waals surface area contributed by atoms with Crippen molar-refractivity contribution < 1.29 is 8.42 Å². The molecule has 1 saturated carbocycles. The lowest BCUT2D eigenvalue weighted by molar-refractivity contribution is 0.281. The van der Waals surface area contributed by atoms with Gasteiger partial charge < -0.3 is 0 Å². The molecule has 2 unspecified atom stereocenters. The van der Waals surface area contributed by atoms with Gasteiger partial charge in [-0.3, -0.25) is 0 Å². The molecular formula is C7H11NO2S. The number of nitriles is 1. The molecule has 1 aliphatic rings. The molecule has 0 amide bonds. The molecule has 62 valence electrons. The Balaban J connectivity index is 3.08. The third-order valence-electron chi connectivity index (χ3n) is 2.60. The van der Waals surface area contributed by atoms with Gasteiger partial charge >= 0.3 is 0 Å². The molecule has 1 aliphatic carbocycles. The van der Waals surface area contributed by atoms with Crippen molar-refractivity contribution in [1.82, 2.24) is 0 Å². The highest BCUT2D eigenvalue weighted by Crippen LogP contribution is 2.43. The molecule has 0 aromatic rings. The molecule has 3 nitrogen and oxygen atoms in total. The Labute approximate surface area is 66.9 Å². The van der Waals surface area contributed by atoms with Gasteiger partial charge in [-0.25, -0.2) is 8.42 Å². The van der Waals surface area contributed by atoms with E-state index in [1.165, 1.54) is 0 Å². The van der Waals surface area contributed by atoms with E-state index >= 15 is 0 Å². The van der Waals surface area contributed by atoms with Gasteiger partial charge in [0.1, 0.15) is 0 Å². The minimum absolute atomic E-state index is 0.00231. The average Bonchev–Trinajstić information content (AvgIpc) is 1.84. The van der Waals surface area contributed by atoms with E-state index in [0.29, 0.717) is 6.42 Å². The average molecular weight is 173 g/mol. The van der Waals surface area contributed by atoms with E-state index in [9.17, 15) is 8.42 Å². The highest BCUT2D eigenvalue weighted by atomic mass is 32.2. The fraction of sp³-hybridized carbons (Fsp3) is 0.857. The zero-order chi connectivity index (χ0) is 8.70. The van der Waals surface area contributed by atoms with E-state index in [-0.39, 0.29) is 5.92 Å². The summed E-state index contributed by atoms with van der Waals surface area (Å²) in [5, 5.41) is 8.71. The Morgan fingerprint density at radius 1 is 1.64 bits per heavy atom. The molecule has 11 heavy (non-hydrogen) atoms. The summed E-state index contributed by atoms with van der Waals surface area (Å²) in [7, 11) is -3.19. The Hall–Kier alpha value is -0.560. The lowest BCUT2D eigenvalue weighted by Gasteiger charge is -2.40. The van der Waals surface area contributed by atoms with Crippen molar-refractivity contribution in [3.63, 3.8) is 0 Å². The van der Waals surface area contributed by atoms with Gasteiger partial charge in [-0.15, -0.1) is 0 Å². The molecule has 1 fully saturated rings. The first-order chi connectivity index (χ1) is 4.94. The van der Waals surface area contributed by atoms with Crippen molar-refractivity contribution in [3.8, 4) is 6.07 Å². The highest BCUT2D eigenvalue weighted by Gasteiger charge is 2.52. The van der Waals surface area contributed by atoms with E-state index in [2.05, 4.69) is 0 Å². The van der Waals surface area contributed by atoms with Gasteiger partial charge in [0.05, 0.1) is 6.07 Å². The highest BCUT2D eigenvalue weighted by molar-refractivity contribution is 7.92. The summed E-state index contributed by atoms with van der Waals surface area (Å²) in [5.74, 6) is 0.00231. The Morgan fingerprint density at radius 3 is 2.18 bits per heavy atom. The molecule has 2 atom stereocenters. The van der Waals surface area contributed by atoms with Gasteiger partial charge in [-0.2, -0.15) is 5.26 Å². The van der Waals surface area contributed by atoms with Crippen molar-refractivity contribution in [2.45, 2.75) is 24.5 Å². The van der Waals surface area contributed by atoms with Crippen LogP contribution in [0.25, 0.3) is 0 Å². The summed E-state index contributed by atoms with van der Waals surface area (Å²) in [4.78, 5) is 0. The summed E-state index contributed by atoms with van der Waals surface area (Å²) in [6.45, 7) is 1.81. The van der Waals surface area contributed by atoms with Crippen LogP contribution in [-0.2, 0) is 9.84 Å². The first kappa shape index (κ1) is 8.54. The normalized spacial score (nSPS) is 37.4. The first-order valence-corrected chi connectivity index (χ1v) is 5.44. The summed E-state index contributed by atoms with van der Waals surface area (Å²) >= 11 is 0. The van der Waals surface area contributed by atoms with Crippen molar-refractivity contribution in [1.29, 1.82) is 5.26 Å². The number of hydrogen-bond acceptors (Lipinski definition) is 3. The van der Waals surface area contributed by atoms with E-state index in [1.54, 1.807) is 0 Å². The van der Waals surface area contributed by atoms with Gasteiger partial charge in [-0.05, 0) is 18.8 Å². The third-order valence-corrected chi connectivity index (χ3v) is 4.62. The van der Waals surface area contributed by atoms with Crippen LogP contribution in [0.2, 0.25) is 0 Å². The SMILES string of the molecule is CC1CCC1(C#N)S(C)(=O)=O. The maximum Gasteiger partial charge on any atom is 0.166 e. The number of hydrogen-bond donors (Lipinski definition) is 0. The second-order valence-corrected chi connectivity index (χ2v) is 5.49. The Morgan fingerprint density at radius 2 is 2.18 bits per heavy atom. The van der Waals surface area contributed by atoms with E-state index < -0.39 is 14.6 Å². The minimum atomic E-state index is -3.19. The summed E-state index contributed by atoms with van der Waals surface area (Å²) < 4.78 is 21.2. The maximum absolute atomic E-state index is 11.2. The van der Waals surface area contributed by atoms with Crippen LogP contribution in [0.1, 0.15) is 19.8 Å². The summed E-state index contributed by atoms with van der Waals surface area (Å²) in [6, 6.07) is 1.92. The predicted octanol–water partition coefficient (Wildman–Crippen LogP) is 0.723.